The quantitative estimate of drug-likeness (QED) is 0.815. The minimum Gasteiger partial charge on any atom is -0.373 e. The average Bonchev–Trinajstić information content (AvgIpc) is 2.46. The molecular formula is C16H19F3N2. The van der Waals surface area contributed by atoms with E-state index in [1.807, 2.05) is 18.0 Å². The Kier molecular flexibility index (Phi) is 4.76. The van der Waals surface area contributed by atoms with Crippen molar-refractivity contribution >= 4 is 5.69 Å². The van der Waals surface area contributed by atoms with Gasteiger partial charge in [-0.25, -0.2) is 0 Å². The maximum Gasteiger partial charge on any atom is 0.416 e. The van der Waals surface area contributed by atoms with Gasteiger partial charge >= 0.3 is 6.18 Å². The zero-order chi connectivity index (χ0) is 15.5. The SMILES string of the molecule is CN(CC1CCCCC1)c1ccc(C(F)(F)F)cc1C#N. The second-order valence-corrected chi connectivity index (χ2v) is 5.73. The van der Waals surface area contributed by atoms with Crippen molar-refractivity contribution < 1.29 is 13.2 Å². The van der Waals surface area contributed by atoms with Crippen molar-refractivity contribution in [1.29, 1.82) is 5.26 Å². The molecule has 1 fully saturated rings. The van der Waals surface area contributed by atoms with Crippen molar-refractivity contribution in [3.8, 4) is 6.07 Å². The first-order valence-corrected chi connectivity index (χ1v) is 7.24. The standard InChI is InChI=1S/C16H19F3N2/c1-21(11-12-5-3-2-4-6-12)15-8-7-14(16(17,18)19)9-13(15)10-20/h7-9,12H,2-6,11H2,1H3. The number of hydrogen-bond acceptors (Lipinski definition) is 2. The van der Waals surface area contributed by atoms with Gasteiger partial charge in [0.2, 0.25) is 0 Å². The van der Waals surface area contributed by atoms with Crippen molar-refractivity contribution in [2.75, 3.05) is 18.5 Å². The summed E-state index contributed by atoms with van der Waals surface area (Å²) >= 11 is 0. The smallest absolute Gasteiger partial charge is 0.373 e. The van der Waals surface area contributed by atoms with Crippen LogP contribution in [0.2, 0.25) is 0 Å². The molecule has 0 bridgehead atoms. The molecule has 0 atom stereocenters. The van der Waals surface area contributed by atoms with Crippen LogP contribution in [-0.2, 0) is 6.18 Å². The molecule has 1 aromatic rings. The molecule has 1 aliphatic rings. The van der Waals surface area contributed by atoms with Crippen molar-refractivity contribution in [3.63, 3.8) is 0 Å². The fraction of sp³-hybridized carbons (Fsp3) is 0.562. The van der Waals surface area contributed by atoms with Gasteiger partial charge in [0, 0.05) is 13.6 Å². The largest absolute Gasteiger partial charge is 0.416 e. The number of nitrogens with zero attached hydrogens (tertiary/aromatic N) is 2. The van der Waals surface area contributed by atoms with Crippen molar-refractivity contribution in [2.24, 2.45) is 5.92 Å². The van der Waals surface area contributed by atoms with E-state index in [4.69, 9.17) is 5.26 Å². The third-order valence-corrected chi connectivity index (χ3v) is 4.11. The van der Waals surface area contributed by atoms with E-state index in [0.29, 0.717) is 11.6 Å². The highest BCUT2D eigenvalue weighted by Gasteiger charge is 2.31. The maximum atomic E-state index is 12.7. The molecule has 114 valence electrons. The zero-order valence-electron chi connectivity index (χ0n) is 12.1. The number of halogens is 3. The van der Waals surface area contributed by atoms with Gasteiger partial charge < -0.3 is 4.90 Å². The molecule has 0 unspecified atom stereocenters. The first-order valence-electron chi connectivity index (χ1n) is 7.24. The Morgan fingerprint density at radius 3 is 2.48 bits per heavy atom. The Morgan fingerprint density at radius 1 is 1.24 bits per heavy atom. The summed E-state index contributed by atoms with van der Waals surface area (Å²) in [7, 11) is 1.85. The van der Waals surface area contributed by atoms with Crippen LogP contribution in [0.3, 0.4) is 0 Å². The molecule has 0 N–H and O–H groups in total. The molecule has 0 aromatic heterocycles. The van der Waals surface area contributed by atoms with Crippen LogP contribution in [0.25, 0.3) is 0 Å². The Hall–Kier alpha value is -1.70. The van der Waals surface area contributed by atoms with Crippen LogP contribution in [0.5, 0.6) is 0 Å². The molecule has 5 heteroatoms. The van der Waals surface area contributed by atoms with E-state index in [1.165, 1.54) is 25.3 Å². The minimum absolute atomic E-state index is 0.0862. The molecule has 21 heavy (non-hydrogen) atoms. The van der Waals surface area contributed by atoms with Crippen LogP contribution >= 0.6 is 0 Å². The summed E-state index contributed by atoms with van der Waals surface area (Å²) in [5.41, 5.74) is -0.104. The zero-order valence-corrected chi connectivity index (χ0v) is 12.1. The maximum absolute atomic E-state index is 12.7. The van der Waals surface area contributed by atoms with Crippen molar-refractivity contribution in [1.82, 2.24) is 0 Å². The molecule has 1 aromatic carbocycles. The molecule has 0 radical (unpaired) electrons. The third-order valence-electron chi connectivity index (χ3n) is 4.11. The molecule has 0 spiro atoms. The van der Waals surface area contributed by atoms with E-state index in [0.717, 1.165) is 31.5 Å². The highest BCUT2D eigenvalue weighted by Crippen LogP contribution is 2.33. The minimum atomic E-state index is -4.41. The average molecular weight is 296 g/mol. The number of benzene rings is 1. The lowest BCUT2D eigenvalue weighted by molar-refractivity contribution is -0.137. The van der Waals surface area contributed by atoms with E-state index in [-0.39, 0.29) is 5.56 Å². The van der Waals surface area contributed by atoms with Crippen molar-refractivity contribution in [2.45, 2.75) is 38.3 Å². The van der Waals surface area contributed by atoms with E-state index >= 15 is 0 Å². The Bertz CT molecular complexity index is 525. The van der Waals surface area contributed by atoms with Gasteiger partial charge in [-0.05, 0) is 37.0 Å². The van der Waals surface area contributed by atoms with Gasteiger partial charge in [-0.1, -0.05) is 19.3 Å². The molecular weight excluding hydrogens is 277 g/mol. The third kappa shape index (κ3) is 3.90. The van der Waals surface area contributed by atoms with Crippen LogP contribution in [-0.4, -0.2) is 13.6 Å². The lowest BCUT2D eigenvalue weighted by Crippen LogP contribution is -2.27. The van der Waals surface area contributed by atoms with Crippen LogP contribution in [0.15, 0.2) is 18.2 Å². The van der Waals surface area contributed by atoms with E-state index in [9.17, 15) is 13.2 Å². The number of alkyl halides is 3. The van der Waals surface area contributed by atoms with Gasteiger partial charge in [0.05, 0.1) is 16.8 Å². The van der Waals surface area contributed by atoms with Crippen LogP contribution in [0.1, 0.15) is 43.2 Å². The van der Waals surface area contributed by atoms with Crippen LogP contribution in [0, 0.1) is 17.2 Å². The van der Waals surface area contributed by atoms with Gasteiger partial charge in [-0.3, -0.25) is 0 Å². The summed E-state index contributed by atoms with van der Waals surface area (Å²) in [6, 6.07) is 5.28. The summed E-state index contributed by atoms with van der Waals surface area (Å²) in [5.74, 6) is 0.567. The Morgan fingerprint density at radius 2 is 1.90 bits per heavy atom. The van der Waals surface area contributed by atoms with E-state index < -0.39 is 11.7 Å². The molecule has 1 saturated carbocycles. The highest BCUT2D eigenvalue weighted by molar-refractivity contribution is 5.60. The fourth-order valence-corrected chi connectivity index (χ4v) is 2.99. The first kappa shape index (κ1) is 15.7. The normalized spacial score (nSPS) is 16.5. The number of anilines is 1. The number of nitriles is 1. The molecule has 0 heterocycles. The number of rotatable bonds is 3. The summed E-state index contributed by atoms with van der Waals surface area (Å²) in [6.07, 6.45) is 1.61. The van der Waals surface area contributed by atoms with E-state index in [1.54, 1.807) is 0 Å². The Labute approximate surface area is 123 Å². The fourth-order valence-electron chi connectivity index (χ4n) is 2.99. The second kappa shape index (κ2) is 6.38. The monoisotopic (exact) mass is 296 g/mol. The highest BCUT2D eigenvalue weighted by atomic mass is 19.4. The van der Waals surface area contributed by atoms with E-state index in [2.05, 4.69) is 0 Å². The number of hydrogen-bond donors (Lipinski definition) is 0. The molecule has 0 saturated heterocycles. The molecule has 2 rings (SSSR count). The summed E-state index contributed by atoms with van der Waals surface area (Å²) in [4.78, 5) is 1.91. The predicted octanol–water partition coefficient (Wildman–Crippen LogP) is 4.59. The summed E-state index contributed by atoms with van der Waals surface area (Å²) in [6.45, 7) is 0.792. The lowest BCUT2D eigenvalue weighted by atomic mass is 9.89. The molecule has 1 aliphatic carbocycles. The lowest BCUT2D eigenvalue weighted by Gasteiger charge is -2.29. The summed E-state index contributed by atoms with van der Waals surface area (Å²) < 4.78 is 38.1. The van der Waals surface area contributed by atoms with Crippen LogP contribution < -0.4 is 4.90 Å². The first-order chi connectivity index (χ1) is 9.91. The van der Waals surface area contributed by atoms with Gasteiger partial charge in [0.15, 0.2) is 0 Å². The summed E-state index contributed by atoms with van der Waals surface area (Å²) in [5, 5.41) is 9.12. The topological polar surface area (TPSA) is 27.0 Å². The second-order valence-electron chi connectivity index (χ2n) is 5.73. The van der Waals surface area contributed by atoms with Crippen LogP contribution in [0.4, 0.5) is 18.9 Å². The van der Waals surface area contributed by atoms with Crippen molar-refractivity contribution in [3.05, 3.63) is 29.3 Å². The molecule has 0 aliphatic heterocycles. The Balaban J connectivity index is 2.16. The molecule has 2 nitrogen and oxygen atoms in total. The van der Waals surface area contributed by atoms with Gasteiger partial charge in [-0.15, -0.1) is 0 Å². The molecule has 0 amide bonds. The van der Waals surface area contributed by atoms with Gasteiger partial charge in [0.25, 0.3) is 0 Å². The van der Waals surface area contributed by atoms with Gasteiger partial charge in [0.1, 0.15) is 6.07 Å². The predicted molar refractivity (Wildman–Crippen MR) is 76.0 cm³/mol. The van der Waals surface area contributed by atoms with Gasteiger partial charge in [-0.2, -0.15) is 18.4 Å².